The SMILES string of the molecule is CC1(C(F)(F)F)NC(=O)N(Cc2cnc(N)s2)C1=O. The monoisotopic (exact) mass is 294 g/mol. The van der Waals surface area contributed by atoms with Crippen molar-refractivity contribution < 1.29 is 22.8 Å². The number of rotatable bonds is 2. The summed E-state index contributed by atoms with van der Waals surface area (Å²) < 4.78 is 38.4. The molecule has 3 amide bonds. The van der Waals surface area contributed by atoms with Crippen molar-refractivity contribution in [3.05, 3.63) is 11.1 Å². The number of nitrogens with one attached hydrogen (secondary N) is 1. The average molecular weight is 294 g/mol. The van der Waals surface area contributed by atoms with Gasteiger partial charge < -0.3 is 11.1 Å². The Morgan fingerprint density at radius 2 is 2.16 bits per heavy atom. The Morgan fingerprint density at radius 3 is 2.58 bits per heavy atom. The van der Waals surface area contributed by atoms with Crippen LogP contribution in [0.4, 0.5) is 23.1 Å². The van der Waals surface area contributed by atoms with Crippen LogP contribution in [0.2, 0.25) is 0 Å². The third-order valence-corrected chi connectivity index (χ3v) is 3.54. The average Bonchev–Trinajstić information content (AvgIpc) is 2.76. The number of imide groups is 1. The molecule has 10 heteroatoms. The van der Waals surface area contributed by atoms with Crippen LogP contribution in [0.5, 0.6) is 0 Å². The zero-order chi connectivity index (χ0) is 14.4. The normalized spacial score (nSPS) is 23.9. The second kappa shape index (κ2) is 4.08. The van der Waals surface area contributed by atoms with E-state index in [1.54, 1.807) is 5.32 Å². The molecule has 0 spiro atoms. The minimum absolute atomic E-state index is 0.209. The van der Waals surface area contributed by atoms with Crippen LogP contribution in [-0.2, 0) is 11.3 Å². The maximum Gasteiger partial charge on any atom is 0.420 e. The first-order valence-electron chi connectivity index (χ1n) is 5.06. The summed E-state index contributed by atoms with van der Waals surface area (Å²) in [6, 6.07) is -1.09. The van der Waals surface area contributed by atoms with Crippen LogP contribution >= 0.6 is 11.3 Å². The van der Waals surface area contributed by atoms with Gasteiger partial charge in [0.25, 0.3) is 5.91 Å². The Hall–Kier alpha value is -1.84. The lowest BCUT2D eigenvalue weighted by Gasteiger charge is -2.24. The largest absolute Gasteiger partial charge is 0.420 e. The highest BCUT2D eigenvalue weighted by Gasteiger charge is 2.64. The van der Waals surface area contributed by atoms with Gasteiger partial charge in [0.1, 0.15) is 0 Å². The van der Waals surface area contributed by atoms with Gasteiger partial charge in [0.2, 0.25) is 5.54 Å². The predicted octanol–water partition coefficient (Wildman–Crippen LogP) is 1.10. The molecule has 1 saturated heterocycles. The van der Waals surface area contributed by atoms with E-state index in [9.17, 15) is 22.8 Å². The van der Waals surface area contributed by atoms with Crippen molar-refractivity contribution in [3.63, 3.8) is 0 Å². The molecule has 1 unspecified atom stereocenters. The molecule has 1 aromatic rings. The molecule has 104 valence electrons. The van der Waals surface area contributed by atoms with E-state index in [1.165, 1.54) is 6.20 Å². The Bertz CT molecular complexity index is 544. The summed E-state index contributed by atoms with van der Waals surface area (Å²) in [5.41, 5.74) is 2.48. The predicted molar refractivity (Wildman–Crippen MR) is 60.1 cm³/mol. The molecule has 1 aromatic heterocycles. The van der Waals surface area contributed by atoms with E-state index in [1.807, 2.05) is 0 Å². The smallest absolute Gasteiger partial charge is 0.375 e. The van der Waals surface area contributed by atoms with Gasteiger partial charge in [-0.05, 0) is 6.92 Å². The van der Waals surface area contributed by atoms with Crippen LogP contribution in [0, 0.1) is 0 Å². The first-order valence-corrected chi connectivity index (χ1v) is 5.88. The van der Waals surface area contributed by atoms with Crippen molar-refractivity contribution >= 4 is 28.4 Å². The van der Waals surface area contributed by atoms with Crippen molar-refractivity contribution in [1.29, 1.82) is 0 Å². The van der Waals surface area contributed by atoms with Gasteiger partial charge >= 0.3 is 12.2 Å². The summed E-state index contributed by atoms with van der Waals surface area (Å²) in [7, 11) is 0. The van der Waals surface area contributed by atoms with Crippen molar-refractivity contribution in [2.75, 3.05) is 5.73 Å². The summed E-state index contributed by atoms with van der Waals surface area (Å²) in [4.78, 5) is 27.9. The molecule has 0 aromatic carbocycles. The van der Waals surface area contributed by atoms with Crippen LogP contribution in [0.15, 0.2) is 6.20 Å². The number of alkyl halides is 3. The maximum absolute atomic E-state index is 12.8. The van der Waals surface area contributed by atoms with E-state index in [2.05, 4.69) is 4.98 Å². The highest BCUT2D eigenvalue weighted by molar-refractivity contribution is 7.15. The number of amides is 3. The number of urea groups is 1. The molecule has 2 rings (SSSR count). The minimum Gasteiger partial charge on any atom is -0.375 e. The van der Waals surface area contributed by atoms with E-state index < -0.39 is 23.7 Å². The molecule has 1 fully saturated rings. The van der Waals surface area contributed by atoms with E-state index in [4.69, 9.17) is 5.73 Å². The molecule has 1 atom stereocenters. The molecule has 3 N–H and O–H groups in total. The second-order valence-electron chi connectivity index (χ2n) is 4.11. The Kier molecular flexibility index (Phi) is 2.92. The molecule has 6 nitrogen and oxygen atoms in total. The Labute approximate surface area is 109 Å². The number of thiazole rings is 1. The first kappa shape index (κ1) is 13.6. The van der Waals surface area contributed by atoms with Gasteiger partial charge in [0.15, 0.2) is 5.13 Å². The van der Waals surface area contributed by atoms with Crippen molar-refractivity contribution in [3.8, 4) is 0 Å². The molecular formula is C9H9F3N4O2S. The number of halogens is 3. The summed E-state index contributed by atoms with van der Waals surface area (Å²) in [6.45, 7) is 0.347. The van der Waals surface area contributed by atoms with Gasteiger partial charge in [0.05, 0.1) is 6.54 Å². The van der Waals surface area contributed by atoms with Crippen LogP contribution in [0.3, 0.4) is 0 Å². The minimum atomic E-state index is -4.86. The van der Waals surface area contributed by atoms with Gasteiger partial charge in [-0.2, -0.15) is 13.2 Å². The summed E-state index contributed by atoms with van der Waals surface area (Å²) in [5, 5.41) is 1.87. The van der Waals surface area contributed by atoms with Crippen molar-refractivity contribution in [2.45, 2.75) is 25.2 Å². The number of nitrogens with zero attached hydrogens (tertiary/aromatic N) is 2. The fraction of sp³-hybridized carbons (Fsp3) is 0.444. The molecule has 0 radical (unpaired) electrons. The summed E-state index contributed by atoms with van der Waals surface area (Å²) >= 11 is 0.998. The number of nitrogen functional groups attached to an aromatic ring is 1. The number of carbonyl (C=O) groups is 2. The van der Waals surface area contributed by atoms with Crippen LogP contribution < -0.4 is 11.1 Å². The second-order valence-corrected chi connectivity index (χ2v) is 5.26. The fourth-order valence-corrected chi connectivity index (χ4v) is 2.26. The topological polar surface area (TPSA) is 88.3 Å². The number of aromatic nitrogens is 1. The van der Waals surface area contributed by atoms with Gasteiger partial charge in [-0.15, -0.1) is 11.3 Å². The number of nitrogens with two attached hydrogens (primary N) is 1. The molecule has 0 bridgehead atoms. The number of carbonyl (C=O) groups excluding carboxylic acids is 2. The third kappa shape index (κ3) is 2.11. The summed E-state index contributed by atoms with van der Waals surface area (Å²) in [6.07, 6.45) is -3.55. The van der Waals surface area contributed by atoms with E-state index in [-0.39, 0.29) is 11.7 Å². The lowest BCUT2D eigenvalue weighted by molar-refractivity contribution is -0.191. The molecule has 0 saturated carbocycles. The molecule has 2 heterocycles. The van der Waals surface area contributed by atoms with Gasteiger partial charge in [0, 0.05) is 11.1 Å². The van der Waals surface area contributed by atoms with Gasteiger partial charge in [-0.1, -0.05) is 0 Å². The van der Waals surface area contributed by atoms with Crippen LogP contribution in [0.25, 0.3) is 0 Å². The first-order chi connectivity index (χ1) is 8.65. The lowest BCUT2D eigenvalue weighted by Crippen LogP contribution is -2.56. The quantitative estimate of drug-likeness (QED) is 0.799. The van der Waals surface area contributed by atoms with Crippen molar-refractivity contribution in [2.24, 2.45) is 0 Å². The Morgan fingerprint density at radius 1 is 1.53 bits per heavy atom. The van der Waals surface area contributed by atoms with Crippen LogP contribution in [-0.4, -0.2) is 33.5 Å². The van der Waals surface area contributed by atoms with E-state index in [0.717, 1.165) is 11.3 Å². The molecule has 0 aliphatic carbocycles. The Balaban J connectivity index is 2.24. The van der Waals surface area contributed by atoms with Gasteiger partial charge in [-0.3, -0.25) is 9.69 Å². The van der Waals surface area contributed by atoms with E-state index >= 15 is 0 Å². The summed E-state index contributed by atoms with van der Waals surface area (Å²) in [5.74, 6) is -1.34. The van der Waals surface area contributed by atoms with E-state index in [0.29, 0.717) is 16.7 Å². The highest BCUT2D eigenvalue weighted by Crippen LogP contribution is 2.35. The number of hydrogen-bond donors (Lipinski definition) is 2. The fourth-order valence-electron chi connectivity index (χ4n) is 1.58. The molecular weight excluding hydrogens is 285 g/mol. The molecule has 1 aliphatic rings. The zero-order valence-electron chi connectivity index (χ0n) is 9.61. The standard InChI is InChI=1S/C9H9F3N4O2S/c1-8(9(10,11)12)5(17)16(7(18)15-8)3-4-2-14-6(13)19-4/h2H,3H2,1H3,(H2,13,14)(H,15,18). The number of anilines is 1. The van der Waals surface area contributed by atoms with Gasteiger partial charge in [-0.25, -0.2) is 9.78 Å². The lowest BCUT2D eigenvalue weighted by atomic mass is 10.0. The van der Waals surface area contributed by atoms with Crippen LogP contribution in [0.1, 0.15) is 11.8 Å². The number of hydrogen-bond acceptors (Lipinski definition) is 5. The zero-order valence-corrected chi connectivity index (χ0v) is 10.4. The third-order valence-electron chi connectivity index (χ3n) is 2.73. The molecule has 1 aliphatic heterocycles. The highest BCUT2D eigenvalue weighted by atomic mass is 32.1. The maximum atomic E-state index is 12.8. The van der Waals surface area contributed by atoms with Crippen molar-refractivity contribution in [1.82, 2.24) is 15.2 Å². The molecule has 19 heavy (non-hydrogen) atoms.